The topological polar surface area (TPSA) is 40.9 Å². The molecule has 17 heavy (non-hydrogen) atoms. The number of hydrogen-bond acceptors (Lipinski definition) is 2. The predicted octanol–water partition coefficient (Wildman–Crippen LogP) is 3.50. The Morgan fingerprint density at radius 3 is 2.65 bits per heavy atom. The molecule has 0 aliphatic rings. The zero-order valence-corrected chi connectivity index (χ0v) is 10.3. The second-order valence-corrected chi connectivity index (χ2v) is 4.61. The van der Waals surface area contributed by atoms with Gasteiger partial charge < -0.3 is 0 Å². The molecule has 0 aliphatic carbocycles. The fraction of sp³-hybridized carbons (Fsp3) is 0.429. The normalized spacial score (nSPS) is 12.2. The molecule has 0 spiro atoms. The molecule has 0 N–H and O–H groups in total. The SMILES string of the molecule is Cc1cccc(C(=O)C(C#N)CC(C)C)c1F. The van der Waals surface area contributed by atoms with Crippen LogP contribution in [0.15, 0.2) is 18.2 Å². The highest BCUT2D eigenvalue weighted by Crippen LogP contribution is 2.20. The number of rotatable bonds is 4. The minimum atomic E-state index is -0.758. The first-order valence-corrected chi connectivity index (χ1v) is 5.66. The average molecular weight is 233 g/mol. The average Bonchev–Trinajstić information content (AvgIpc) is 2.28. The lowest BCUT2D eigenvalue weighted by Crippen LogP contribution is -2.17. The summed E-state index contributed by atoms with van der Waals surface area (Å²) in [5.74, 6) is -1.45. The van der Waals surface area contributed by atoms with Crippen LogP contribution in [0.3, 0.4) is 0 Å². The highest BCUT2D eigenvalue weighted by Gasteiger charge is 2.23. The summed E-state index contributed by atoms with van der Waals surface area (Å²) in [5.41, 5.74) is 0.453. The molecule has 1 unspecified atom stereocenters. The number of aryl methyl sites for hydroxylation is 1. The van der Waals surface area contributed by atoms with Crippen LogP contribution in [0.2, 0.25) is 0 Å². The highest BCUT2D eigenvalue weighted by molar-refractivity contribution is 5.99. The van der Waals surface area contributed by atoms with Crippen LogP contribution in [0.5, 0.6) is 0 Å². The Kier molecular flexibility index (Phi) is 4.39. The third-order valence-electron chi connectivity index (χ3n) is 2.64. The highest BCUT2D eigenvalue weighted by atomic mass is 19.1. The first kappa shape index (κ1) is 13.4. The van der Waals surface area contributed by atoms with Gasteiger partial charge in [0.05, 0.1) is 11.6 Å². The monoisotopic (exact) mass is 233 g/mol. The molecule has 1 aromatic rings. The van der Waals surface area contributed by atoms with Crippen LogP contribution < -0.4 is 0 Å². The van der Waals surface area contributed by atoms with Gasteiger partial charge in [0.25, 0.3) is 0 Å². The van der Waals surface area contributed by atoms with Crippen molar-refractivity contribution in [2.75, 3.05) is 0 Å². The van der Waals surface area contributed by atoms with Gasteiger partial charge in [-0.25, -0.2) is 4.39 Å². The van der Waals surface area contributed by atoms with Gasteiger partial charge >= 0.3 is 0 Å². The molecular weight excluding hydrogens is 217 g/mol. The first-order valence-electron chi connectivity index (χ1n) is 5.66. The van der Waals surface area contributed by atoms with Gasteiger partial charge in [-0.05, 0) is 30.9 Å². The van der Waals surface area contributed by atoms with E-state index in [0.717, 1.165) is 0 Å². The predicted molar refractivity (Wildman–Crippen MR) is 64.0 cm³/mol. The van der Waals surface area contributed by atoms with Crippen LogP contribution in [-0.4, -0.2) is 5.78 Å². The van der Waals surface area contributed by atoms with E-state index >= 15 is 0 Å². The maximum Gasteiger partial charge on any atom is 0.182 e. The van der Waals surface area contributed by atoms with Gasteiger partial charge in [0.2, 0.25) is 0 Å². The van der Waals surface area contributed by atoms with Crippen molar-refractivity contribution < 1.29 is 9.18 Å². The van der Waals surface area contributed by atoms with Crippen LogP contribution in [0, 0.1) is 35.9 Å². The van der Waals surface area contributed by atoms with Crippen LogP contribution in [0.4, 0.5) is 4.39 Å². The second kappa shape index (κ2) is 5.58. The maximum absolute atomic E-state index is 13.8. The van der Waals surface area contributed by atoms with E-state index in [4.69, 9.17) is 5.26 Å². The molecule has 3 heteroatoms. The van der Waals surface area contributed by atoms with Gasteiger partial charge in [-0.2, -0.15) is 5.26 Å². The Labute approximate surface area is 101 Å². The molecule has 0 aliphatic heterocycles. The summed E-state index contributed by atoms with van der Waals surface area (Å²) in [6.07, 6.45) is 0.461. The summed E-state index contributed by atoms with van der Waals surface area (Å²) in [7, 11) is 0. The molecule has 0 saturated heterocycles. The number of carbonyl (C=O) groups excluding carboxylic acids is 1. The molecule has 0 saturated carbocycles. The zero-order valence-electron chi connectivity index (χ0n) is 10.3. The summed E-state index contributed by atoms with van der Waals surface area (Å²) in [6.45, 7) is 5.48. The molecular formula is C14H16FNO. The van der Waals surface area contributed by atoms with Crippen LogP contribution in [0.1, 0.15) is 36.2 Å². The summed E-state index contributed by atoms with van der Waals surface area (Å²) in [5, 5.41) is 8.97. The number of nitriles is 1. The van der Waals surface area contributed by atoms with E-state index in [1.165, 1.54) is 6.07 Å². The van der Waals surface area contributed by atoms with Crippen molar-refractivity contribution in [3.05, 3.63) is 35.1 Å². The molecule has 90 valence electrons. The van der Waals surface area contributed by atoms with Gasteiger partial charge in [0.1, 0.15) is 11.7 Å². The Bertz CT molecular complexity index is 460. The maximum atomic E-state index is 13.8. The molecule has 1 aromatic carbocycles. The van der Waals surface area contributed by atoms with E-state index in [9.17, 15) is 9.18 Å². The van der Waals surface area contributed by atoms with Crippen molar-refractivity contribution >= 4 is 5.78 Å². The van der Waals surface area contributed by atoms with Gasteiger partial charge in [-0.1, -0.05) is 26.0 Å². The molecule has 0 bridgehead atoms. The number of carbonyl (C=O) groups is 1. The van der Waals surface area contributed by atoms with E-state index in [2.05, 4.69) is 0 Å². The summed E-state index contributed by atoms with van der Waals surface area (Å²) in [4.78, 5) is 12.0. The van der Waals surface area contributed by atoms with Crippen LogP contribution in [-0.2, 0) is 0 Å². The molecule has 0 heterocycles. The molecule has 2 nitrogen and oxygen atoms in total. The van der Waals surface area contributed by atoms with Crippen molar-refractivity contribution in [1.82, 2.24) is 0 Å². The lowest BCUT2D eigenvalue weighted by Gasteiger charge is -2.11. The smallest absolute Gasteiger partial charge is 0.182 e. The Balaban J connectivity index is 3.03. The first-order chi connectivity index (χ1) is 7.97. The van der Waals surface area contributed by atoms with E-state index in [0.29, 0.717) is 12.0 Å². The number of ketones is 1. The van der Waals surface area contributed by atoms with Crippen molar-refractivity contribution in [1.29, 1.82) is 5.26 Å². The molecule has 1 rings (SSSR count). The quantitative estimate of drug-likeness (QED) is 0.747. The fourth-order valence-electron chi connectivity index (χ4n) is 1.72. The van der Waals surface area contributed by atoms with Gasteiger partial charge in [0.15, 0.2) is 5.78 Å². The van der Waals surface area contributed by atoms with E-state index in [-0.39, 0.29) is 11.5 Å². The summed E-state index contributed by atoms with van der Waals surface area (Å²) >= 11 is 0. The van der Waals surface area contributed by atoms with Crippen LogP contribution in [0.25, 0.3) is 0 Å². The molecule has 0 radical (unpaired) electrons. The minimum absolute atomic E-state index is 0.0252. The van der Waals surface area contributed by atoms with Crippen molar-refractivity contribution in [2.24, 2.45) is 11.8 Å². The number of hydrogen-bond donors (Lipinski definition) is 0. The Morgan fingerprint density at radius 1 is 1.47 bits per heavy atom. The number of nitrogens with zero attached hydrogens (tertiary/aromatic N) is 1. The third-order valence-corrected chi connectivity index (χ3v) is 2.64. The van der Waals surface area contributed by atoms with Crippen molar-refractivity contribution in [3.63, 3.8) is 0 Å². The standard InChI is InChI=1S/C14H16FNO/c1-9(2)7-11(8-16)14(17)12-6-4-5-10(3)13(12)15/h4-6,9,11H,7H2,1-3H3. The third kappa shape index (κ3) is 3.13. The Morgan fingerprint density at radius 2 is 2.12 bits per heavy atom. The van der Waals surface area contributed by atoms with Gasteiger partial charge in [0, 0.05) is 0 Å². The molecule has 0 amide bonds. The minimum Gasteiger partial charge on any atom is -0.293 e. The lowest BCUT2D eigenvalue weighted by molar-refractivity contribution is 0.0932. The fourth-order valence-corrected chi connectivity index (χ4v) is 1.72. The number of benzene rings is 1. The summed E-state index contributed by atoms with van der Waals surface area (Å²) in [6, 6.07) is 6.64. The number of halogens is 1. The van der Waals surface area contributed by atoms with E-state index in [1.807, 2.05) is 19.9 Å². The van der Waals surface area contributed by atoms with E-state index in [1.54, 1.807) is 19.1 Å². The molecule has 0 aromatic heterocycles. The van der Waals surface area contributed by atoms with Crippen molar-refractivity contribution in [3.8, 4) is 6.07 Å². The Hall–Kier alpha value is -1.69. The van der Waals surface area contributed by atoms with Gasteiger partial charge in [-0.15, -0.1) is 0 Å². The second-order valence-electron chi connectivity index (χ2n) is 4.61. The zero-order chi connectivity index (χ0) is 13.0. The lowest BCUT2D eigenvalue weighted by atomic mass is 9.90. The molecule has 1 atom stereocenters. The van der Waals surface area contributed by atoms with Crippen molar-refractivity contribution in [2.45, 2.75) is 27.2 Å². The summed E-state index contributed by atoms with van der Waals surface area (Å²) < 4.78 is 13.8. The van der Waals surface area contributed by atoms with Crippen LogP contribution >= 0.6 is 0 Å². The number of Topliss-reactive ketones (excluding diaryl/α,β-unsaturated/α-hetero) is 1. The largest absolute Gasteiger partial charge is 0.293 e. The molecule has 0 fully saturated rings. The van der Waals surface area contributed by atoms with Gasteiger partial charge in [-0.3, -0.25) is 4.79 Å². The van der Waals surface area contributed by atoms with E-state index < -0.39 is 17.5 Å².